The highest BCUT2D eigenvalue weighted by Gasteiger charge is 2.27. The normalized spacial score (nSPS) is 12.5. The van der Waals surface area contributed by atoms with Crippen molar-refractivity contribution in [1.82, 2.24) is 9.38 Å². The van der Waals surface area contributed by atoms with Crippen LogP contribution in [0, 0.1) is 29.6 Å². The van der Waals surface area contributed by atoms with Crippen LogP contribution in [0.25, 0.3) is 16.7 Å². The van der Waals surface area contributed by atoms with Gasteiger partial charge in [-0.15, -0.1) is 64.4 Å². The summed E-state index contributed by atoms with van der Waals surface area (Å²) in [6, 6.07) is 14.9. The number of hydrogen-bond acceptors (Lipinski definition) is 29. The maximum Gasteiger partial charge on any atom is 0.298 e. The Kier molecular flexibility index (Phi) is 24.5. The minimum Gasteiger partial charge on any atom is -0.495 e. The highest BCUT2D eigenvalue weighted by Crippen LogP contribution is 2.47. The minimum atomic E-state index is -4.95. The first-order chi connectivity index (χ1) is 45.8. The number of carbonyl (C=O) groups is 3. The van der Waals surface area contributed by atoms with Crippen molar-refractivity contribution in [2.24, 2.45) is 40.9 Å². The summed E-state index contributed by atoms with van der Waals surface area (Å²) in [4.78, 5) is 41.5. The number of aromatic nitrogens is 2. The molecule has 7 aromatic rings. The molecule has 0 aliphatic carbocycles. The largest absolute Gasteiger partial charge is 0.495 e. The lowest BCUT2D eigenvalue weighted by Crippen LogP contribution is -2.09. The lowest BCUT2D eigenvalue weighted by molar-refractivity contribution is -0.115. The molecule has 0 atom stereocenters. The number of halogens is 1. The molecule has 98 heavy (non-hydrogen) atoms. The molecular formula is C54H52ClN15O21S7. The summed E-state index contributed by atoms with van der Waals surface area (Å²) in [7, 11) is -22.2. The maximum atomic E-state index is 12.9. The average Bonchev–Trinajstić information content (AvgIpc) is 1.56. The van der Waals surface area contributed by atoms with E-state index in [0.29, 0.717) is 0 Å². The highest BCUT2D eigenvalue weighted by molar-refractivity contribution is 7.99. The molecule has 0 aliphatic heterocycles. The Morgan fingerprint density at radius 2 is 1.02 bits per heavy atom. The zero-order valence-electron chi connectivity index (χ0n) is 51.0. The van der Waals surface area contributed by atoms with Crippen LogP contribution in [-0.2, 0) is 65.0 Å². The molecule has 0 aliphatic rings. The van der Waals surface area contributed by atoms with E-state index in [4.69, 9.17) is 21.1 Å². The van der Waals surface area contributed by atoms with Crippen molar-refractivity contribution in [2.75, 3.05) is 58.4 Å². The summed E-state index contributed by atoms with van der Waals surface area (Å²) >= 11 is 7.87. The smallest absolute Gasteiger partial charge is 0.298 e. The molecule has 2 aromatic heterocycles. The molecule has 3 amide bonds. The SMILES string of the molecule is COc1cc2nc3c(C#N)c(C)c(N=Nc4cc(NC(C)=O)c(N=Nc5cc(NC(C)=O)c(N=Nc6cc(NC(C)=O)c(N=Nc7cc(S(=O)(=O)O)c(Cl)cc7C#N)cc6SCCCS(=O)(=O)O)cc5SCCCS(=O)(=O)O)cc4OCCCS(=O)(=O)O)c(O)n3c2cc1S(=O)(=O)O. The summed E-state index contributed by atoms with van der Waals surface area (Å²) < 4.78 is 180. The standard InChI is InChI=1S/C54H52ClN15O21S7/c1-27-32(26-57)53-61-41-20-47(90-5)51(98(87,88)89)24-45(41)70(53)54(74)52(27)69-66-42-16-35(58-28(2)71)38(19-46(42)91-9-6-12-94(75,76)77)63-67-43-18-37(60-30(4)73)40(22-49(43)93-11-8-14-96(81,82)83)65-68-44-17-36(59-29(3)72)39(21-48(44)92-10-7-13-95(78,79)80)64-62-34-23-50(97(84,85)86)33(55)15-31(34)25-56/h15-24,74H,6-14H2,1-5H3,(H,58,71)(H,59,72)(H,60,73)(H,75,76,77)(H,78,79,80)(H,81,82,83)(H,84,85,86)(H,87,88,89). The number of benzene rings is 5. The van der Waals surface area contributed by atoms with Crippen LogP contribution in [0.2, 0.25) is 5.02 Å². The molecule has 0 bridgehead atoms. The number of imidazole rings is 1. The lowest BCUT2D eigenvalue weighted by atomic mass is 10.1. The van der Waals surface area contributed by atoms with Gasteiger partial charge in [-0.05, 0) is 86.2 Å². The molecule has 0 fully saturated rings. The molecule has 0 saturated carbocycles. The van der Waals surface area contributed by atoms with E-state index in [1.54, 1.807) is 6.07 Å². The Labute approximate surface area is 570 Å². The predicted octanol–water partition coefficient (Wildman–Crippen LogP) is 11.3. The van der Waals surface area contributed by atoms with Gasteiger partial charge in [-0.2, -0.15) is 52.6 Å². The first-order valence-electron chi connectivity index (χ1n) is 27.4. The van der Waals surface area contributed by atoms with Crippen molar-refractivity contribution in [3.63, 3.8) is 0 Å². The van der Waals surface area contributed by atoms with E-state index in [2.05, 4.69) is 61.8 Å². The first-order valence-corrected chi connectivity index (χ1v) is 37.5. The maximum absolute atomic E-state index is 12.9. The van der Waals surface area contributed by atoms with Crippen LogP contribution in [0.3, 0.4) is 0 Å². The summed E-state index contributed by atoms with van der Waals surface area (Å²) in [6.07, 6.45) is -0.634. The van der Waals surface area contributed by atoms with Gasteiger partial charge < -0.3 is 30.5 Å². The van der Waals surface area contributed by atoms with Gasteiger partial charge >= 0.3 is 0 Å². The second-order valence-electron chi connectivity index (χ2n) is 20.2. The zero-order valence-corrected chi connectivity index (χ0v) is 57.5. The molecule has 5 aromatic carbocycles. The highest BCUT2D eigenvalue weighted by atomic mass is 35.5. The van der Waals surface area contributed by atoms with Crippen LogP contribution in [0.15, 0.2) is 121 Å². The van der Waals surface area contributed by atoms with E-state index in [9.17, 15) is 94.9 Å². The van der Waals surface area contributed by atoms with Gasteiger partial charge in [0.15, 0.2) is 11.3 Å². The van der Waals surface area contributed by atoms with E-state index in [-0.39, 0.29) is 137 Å². The predicted molar refractivity (Wildman–Crippen MR) is 355 cm³/mol. The third-order valence-electron chi connectivity index (χ3n) is 12.8. The Balaban J connectivity index is 1.40. The average molecular weight is 1510 g/mol. The fourth-order valence-electron chi connectivity index (χ4n) is 8.62. The number of nitrogens with zero attached hydrogens (tertiary/aromatic N) is 12. The number of ether oxygens (including phenoxy) is 2. The Morgan fingerprint density at radius 1 is 0.571 bits per heavy atom. The molecule has 7 rings (SSSR count). The third kappa shape index (κ3) is 20.4. The molecule has 2 heterocycles. The van der Waals surface area contributed by atoms with Crippen molar-refractivity contribution in [3.05, 3.63) is 82.4 Å². The van der Waals surface area contributed by atoms with E-state index in [1.807, 2.05) is 6.07 Å². The van der Waals surface area contributed by atoms with Gasteiger partial charge in [0.05, 0.1) is 69.7 Å². The van der Waals surface area contributed by atoms with Crippen LogP contribution >= 0.6 is 35.1 Å². The topological polar surface area (TPSA) is 562 Å². The number of pyridine rings is 1. The monoisotopic (exact) mass is 1510 g/mol. The summed E-state index contributed by atoms with van der Waals surface area (Å²) in [5.74, 6) is -5.70. The van der Waals surface area contributed by atoms with Crippen LogP contribution in [-0.4, -0.2) is 140 Å². The van der Waals surface area contributed by atoms with Crippen molar-refractivity contribution in [1.29, 1.82) is 10.5 Å². The molecule has 0 spiro atoms. The molecule has 36 nitrogen and oxygen atoms in total. The minimum absolute atomic E-state index is 0.00334. The number of methoxy groups -OCH3 is 1. The van der Waals surface area contributed by atoms with Crippen molar-refractivity contribution >= 4 is 183 Å². The quantitative estimate of drug-likeness (QED) is 0.00910. The van der Waals surface area contributed by atoms with E-state index in [1.165, 1.54) is 31.2 Å². The van der Waals surface area contributed by atoms with Gasteiger partial charge in [0.1, 0.15) is 78.8 Å². The molecular weight excluding hydrogens is 1450 g/mol. The number of azo groups is 4. The second-order valence-corrected chi connectivity index (χ2v) is 30.4. The van der Waals surface area contributed by atoms with Gasteiger partial charge in [0.2, 0.25) is 23.6 Å². The fraction of sp³-hybridized carbons (Fsp3) is 0.259. The van der Waals surface area contributed by atoms with Gasteiger partial charge in [-0.25, -0.2) is 4.98 Å². The Hall–Kier alpha value is -9.22. The van der Waals surface area contributed by atoms with Gasteiger partial charge in [-0.1, -0.05) is 11.6 Å². The number of thioether (sulfide) groups is 2. The lowest BCUT2D eigenvalue weighted by Gasteiger charge is -2.14. The van der Waals surface area contributed by atoms with E-state index < -0.39 is 124 Å². The van der Waals surface area contributed by atoms with Crippen molar-refractivity contribution in [3.8, 4) is 29.5 Å². The number of rotatable bonds is 29. The summed E-state index contributed by atoms with van der Waals surface area (Å²) in [6.45, 7) is 4.28. The number of nitriles is 2. The number of hydrogen-bond donors (Lipinski definition) is 9. The summed E-state index contributed by atoms with van der Waals surface area (Å²) in [5.41, 5.74) is -3.14. The zero-order chi connectivity index (χ0) is 72.4. The van der Waals surface area contributed by atoms with Crippen LogP contribution in [0.5, 0.6) is 17.4 Å². The Morgan fingerprint density at radius 3 is 1.47 bits per heavy atom. The molecule has 518 valence electrons. The number of nitrogens with one attached hydrogen (secondary N) is 3. The fourth-order valence-corrected chi connectivity index (χ4v) is 14.1. The summed E-state index contributed by atoms with van der Waals surface area (Å²) in [5, 5.41) is 73.4. The Bertz CT molecular complexity index is 5240. The number of fused-ring (bicyclic) bond motifs is 3. The molecule has 0 saturated heterocycles. The number of amides is 3. The molecule has 0 radical (unpaired) electrons. The van der Waals surface area contributed by atoms with Gasteiger partial charge in [0.25, 0.3) is 50.6 Å². The number of aromatic hydroxyl groups is 1. The second kappa shape index (κ2) is 31.5. The molecule has 44 heteroatoms. The molecule has 0 unspecified atom stereocenters. The van der Waals surface area contributed by atoms with E-state index in [0.717, 1.165) is 92.2 Å². The van der Waals surface area contributed by atoms with Crippen molar-refractivity contribution < 1.29 is 93.8 Å². The van der Waals surface area contributed by atoms with Gasteiger partial charge in [-0.3, -0.25) is 41.5 Å². The number of carbonyl (C=O) groups excluding carboxylic acids is 3. The van der Waals surface area contributed by atoms with Crippen molar-refractivity contribution in [2.45, 2.75) is 66.5 Å². The molecule has 9 N–H and O–H groups in total. The van der Waals surface area contributed by atoms with Crippen LogP contribution in [0.1, 0.15) is 56.7 Å². The van der Waals surface area contributed by atoms with E-state index >= 15 is 0 Å². The third-order valence-corrected chi connectivity index (χ3v) is 19.7. The number of anilines is 3. The van der Waals surface area contributed by atoms with Crippen LogP contribution < -0.4 is 25.4 Å². The van der Waals surface area contributed by atoms with Gasteiger partial charge in [0, 0.05) is 48.3 Å². The first kappa shape index (κ1) is 76.2. The van der Waals surface area contributed by atoms with Crippen LogP contribution in [0.4, 0.5) is 62.6 Å².